The summed E-state index contributed by atoms with van der Waals surface area (Å²) in [6.45, 7) is 6.21. The van der Waals surface area contributed by atoms with Crippen molar-refractivity contribution in [1.29, 1.82) is 0 Å². The number of urea groups is 1. The predicted octanol–water partition coefficient (Wildman–Crippen LogP) is 4.16. The first-order valence-electron chi connectivity index (χ1n) is 11.7. The molecule has 0 fully saturated rings. The van der Waals surface area contributed by atoms with Crippen molar-refractivity contribution in [3.05, 3.63) is 52.0 Å². The number of hydrogen-bond acceptors (Lipinski definition) is 6. The van der Waals surface area contributed by atoms with E-state index < -0.39 is 28.1 Å². The zero-order valence-electron chi connectivity index (χ0n) is 21.5. The lowest BCUT2D eigenvalue weighted by Crippen LogP contribution is -2.41. The summed E-state index contributed by atoms with van der Waals surface area (Å²) in [6, 6.07) is 8.69. The van der Waals surface area contributed by atoms with Crippen molar-refractivity contribution in [2.75, 3.05) is 49.5 Å². The van der Waals surface area contributed by atoms with Gasteiger partial charge < -0.3 is 15.0 Å². The molecule has 0 aliphatic carbocycles. The van der Waals surface area contributed by atoms with Crippen LogP contribution in [0.15, 0.2) is 41.3 Å². The van der Waals surface area contributed by atoms with E-state index in [0.29, 0.717) is 31.7 Å². The number of fused-ring (bicyclic) bond motifs is 1. The Morgan fingerprint density at radius 3 is 2.32 bits per heavy atom. The third-order valence-electron chi connectivity index (χ3n) is 5.44. The number of anilines is 2. The Hall–Kier alpha value is -2.53. The van der Waals surface area contributed by atoms with Crippen LogP contribution < -0.4 is 14.5 Å². The number of ether oxygens (including phenoxy) is 1. The summed E-state index contributed by atoms with van der Waals surface area (Å²) in [5.74, 6) is -0.716. The average molecular weight is 572 g/mol. The van der Waals surface area contributed by atoms with Gasteiger partial charge in [0.05, 0.1) is 10.6 Å². The molecule has 0 atom stereocenters. The molecule has 0 saturated carbocycles. The molecular formula is C25H32Cl2N4O5S. The third-order valence-corrected chi connectivity index (χ3v) is 7.63. The van der Waals surface area contributed by atoms with Crippen molar-refractivity contribution >= 4 is 56.6 Å². The second kappa shape index (κ2) is 11.5. The van der Waals surface area contributed by atoms with E-state index in [4.69, 9.17) is 27.9 Å². The average Bonchev–Trinajstić information content (AvgIpc) is 3.18. The molecule has 12 heteroatoms. The van der Waals surface area contributed by atoms with Gasteiger partial charge >= 0.3 is 12.0 Å². The molecule has 0 aromatic heterocycles. The highest BCUT2D eigenvalue weighted by molar-refractivity contribution is 7.92. The summed E-state index contributed by atoms with van der Waals surface area (Å²) in [7, 11) is -0.403. The summed E-state index contributed by atoms with van der Waals surface area (Å²) < 4.78 is 33.8. The van der Waals surface area contributed by atoms with E-state index >= 15 is 0 Å². The maximum atomic E-state index is 13.7. The molecular weight excluding hydrogens is 539 g/mol. The summed E-state index contributed by atoms with van der Waals surface area (Å²) >= 11 is 12.1. The van der Waals surface area contributed by atoms with Crippen molar-refractivity contribution in [1.82, 2.24) is 10.2 Å². The molecule has 0 bridgehead atoms. The molecule has 2 amide bonds. The first-order chi connectivity index (χ1) is 17.2. The molecule has 2 aromatic rings. The van der Waals surface area contributed by atoms with E-state index in [1.54, 1.807) is 43.9 Å². The predicted molar refractivity (Wildman–Crippen MR) is 146 cm³/mol. The lowest BCUT2D eigenvalue weighted by atomic mass is 10.1. The number of carbonyl (C=O) groups excluding carboxylic acids is 2. The summed E-state index contributed by atoms with van der Waals surface area (Å²) in [6.07, 6.45) is 0.535. The Bertz CT molecular complexity index is 1260. The van der Waals surface area contributed by atoms with Crippen molar-refractivity contribution in [2.45, 2.75) is 37.7 Å². The molecule has 37 heavy (non-hydrogen) atoms. The maximum Gasteiger partial charge on any atom is 0.327 e. The highest BCUT2D eigenvalue weighted by Crippen LogP contribution is 2.34. The minimum atomic E-state index is -4.25. The van der Waals surface area contributed by atoms with Gasteiger partial charge in [-0.15, -0.1) is 0 Å². The van der Waals surface area contributed by atoms with E-state index in [0.717, 1.165) is 9.87 Å². The second-order valence-corrected chi connectivity index (χ2v) is 12.7. The van der Waals surface area contributed by atoms with Gasteiger partial charge in [0.25, 0.3) is 10.0 Å². The molecule has 1 N–H and O–H groups in total. The van der Waals surface area contributed by atoms with Gasteiger partial charge in [0.1, 0.15) is 12.1 Å². The number of esters is 1. The quantitative estimate of drug-likeness (QED) is 0.478. The van der Waals surface area contributed by atoms with Crippen LogP contribution >= 0.6 is 23.2 Å². The van der Waals surface area contributed by atoms with Crippen LogP contribution in [0.3, 0.4) is 0 Å². The van der Waals surface area contributed by atoms with Crippen LogP contribution in [0, 0.1) is 0 Å². The fourth-order valence-corrected chi connectivity index (χ4v) is 5.98. The second-order valence-electron chi connectivity index (χ2n) is 9.95. The molecule has 3 rings (SSSR count). The molecule has 0 radical (unpaired) electrons. The van der Waals surface area contributed by atoms with Gasteiger partial charge in [0, 0.05) is 35.4 Å². The van der Waals surface area contributed by atoms with E-state index in [9.17, 15) is 18.0 Å². The molecule has 1 aliphatic heterocycles. The smallest absolute Gasteiger partial charge is 0.327 e. The highest BCUT2D eigenvalue weighted by atomic mass is 35.5. The number of sulfonamides is 1. The Morgan fingerprint density at radius 1 is 1.08 bits per heavy atom. The molecule has 0 unspecified atom stereocenters. The number of hydrogen-bond donors (Lipinski definition) is 1. The largest absolute Gasteiger partial charge is 0.459 e. The normalized spacial score (nSPS) is 13.5. The van der Waals surface area contributed by atoms with Crippen LogP contribution in [0.4, 0.5) is 16.2 Å². The van der Waals surface area contributed by atoms with E-state index in [-0.39, 0.29) is 26.7 Å². The Balaban J connectivity index is 1.96. The lowest BCUT2D eigenvalue weighted by molar-refractivity contribution is -0.152. The van der Waals surface area contributed by atoms with Gasteiger partial charge in [-0.3, -0.25) is 14.0 Å². The summed E-state index contributed by atoms with van der Waals surface area (Å²) in [5.41, 5.74) is 0.931. The zero-order valence-corrected chi connectivity index (χ0v) is 23.9. The van der Waals surface area contributed by atoms with Crippen LogP contribution in [0.2, 0.25) is 10.0 Å². The standard InChI is InChI=1S/C25H32Cl2N4O5S/c1-25(2,3)36-23(32)16-31(37(34,35)21-14-18(26)13-19(27)15-21)20-6-7-22-17(12-20)8-10-30(22)24(33)28-9-11-29(4)5/h6-7,12-15H,8-11,16H2,1-5H3,(H,28,33). The van der Waals surface area contributed by atoms with Crippen LogP contribution in [0.1, 0.15) is 26.3 Å². The number of rotatable bonds is 8. The molecule has 202 valence electrons. The maximum absolute atomic E-state index is 13.7. The van der Waals surface area contributed by atoms with Gasteiger partial charge in [0.2, 0.25) is 0 Å². The fraction of sp³-hybridized carbons (Fsp3) is 0.440. The van der Waals surface area contributed by atoms with E-state index in [1.165, 1.54) is 18.2 Å². The zero-order chi connectivity index (χ0) is 27.5. The Morgan fingerprint density at radius 2 is 1.73 bits per heavy atom. The minimum Gasteiger partial charge on any atom is -0.459 e. The monoisotopic (exact) mass is 570 g/mol. The lowest BCUT2D eigenvalue weighted by Gasteiger charge is -2.27. The number of amides is 2. The Labute approximate surface area is 228 Å². The Kier molecular flexibility index (Phi) is 9.00. The van der Waals surface area contributed by atoms with Gasteiger partial charge in [-0.2, -0.15) is 0 Å². The van der Waals surface area contributed by atoms with Crippen LogP contribution in [-0.2, 0) is 26.0 Å². The van der Waals surface area contributed by atoms with Gasteiger partial charge in [-0.1, -0.05) is 23.2 Å². The van der Waals surface area contributed by atoms with Crippen molar-refractivity contribution in [2.24, 2.45) is 0 Å². The molecule has 1 aliphatic rings. The van der Waals surface area contributed by atoms with E-state index in [1.807, 2.05) is 19.0 Å². The topological polar surface area (TPSA) is 99.3 Å². The number of nitrogens with one attached hydrogen (secondary N) is 1. The highest BCUT2D eigenvalue weighted by Gasteiger charge is 2.32. The number of benzene rings is 2. The summed E-state index contributed by atoms with van der Waals surface area (Å²) in [4.78, 5) is 28.9. The first-order valence-corrected chi connectivity index (χ1v) is 13.9. The third kappa shape index (κ3) is 7.50. The van der Waals surface area contributed by atoms with Crippen LogP contribution in [0.25, 0.3) is 0 Å². The van der Waals surface area contributed by atoms with Crippen LogP contribution in [-0.4, -0.2) is 71.2 Å². The van der Waals surface area contributed by atoms with Crippen molar-refractivity contribution < 1.29 is 22.7 Å². The number of carbonyl (C=O) groups is 2. The van der Waals surface area contributed by atoms with Gasteiger partial charge in [0.15, 0.2) is 0 Å². The first kappa shape index (κ1) is 29.0. The fourth-order valence-electron chi connectivity index (χ4n) is 3.85. The molecule has 9 nitrogen and oxygen atoms in total. The number of nitrogens with zero attached hydrogens (tertiary/aromatic N) is 3. The number of likely N-dealkylation sites (N-methyl/N-ethyl adjacent to an activating group) is 1. The van der Waals surface area contributed by atoms with E-state index in [2.05, 4.69) is 5.32 Å². The number of halogens is 2. The molecule has 0 saturated heterocycles. The SMILES string of the molecule is CN(C)CCNC(=O)N1CCc2cc(N(CC(=O)OC(C)(C)C)S(=O)(=O)c3cc(Cl)cc(Cl)c3)ccc21. The molecule has 1 heterocycles. The van der Waals surface area contributed by atoms with Crippen LogP contribution in [0.5, 0.6) is 0 Å². The molecule has 2 aromatic carbocycles. The van der Waals surface area contributed by atoms with Crippen molar-refractivity contribution in [3.8, 4) is 0 Å². The van der Waals surface area contributed by atoms with Crippen molar-refractivity contribution in [3.63, 3.8) is 0 Å². The van der Waals surface area contributed by atoms with Gasteiger partial charge in [-0.05, 0) is 83.2 Å². The van der Waals surface area contributed by atoms with Gasteiger partial charge in [-0.25, -0.2) is 13.2 Å². The molecule has 0 spiro atoms. The summed E-state index contributed by atoms with van der Waals surface area (Å²) in [5, 5.41) is 3.18. The minimum absolute atomic E-state index is 0.146.